The van der Waals surface area contributed by atoms with E-state index in [9.17, 15) is 4.79 Å². The monoisotopic (exact) mass is 421 g/mol. The highest BCUT2D eigenvalue weighted by atomic mass is 32.9. The molecule has 0 unspecified atom stereocenters. The van der Waals surface area contributed by atoms with Crippen molar-refractivity contribution in [3.63, 3.8) is 0 Å². The van der Waals surface area contributed by atoms with Crippen LogP contribution in [0.15, 0.2) is 12.1 Å². The van der Waals surface area contributed by atoms with Crippen LogP contribution in [0.2, 0.25) is 0 Å². The van der Waals surface area contributed by atoms with Crippen molar-refractivity contribution in [3.8, 4) is 11.1 Å². The molecule has 1 N–H and O–H groups in total. The number of amides is 1. The molecule has 0 bridgehead atoms. The van der Waals surface area contributed by atoms with Crippen LogP contribution in [0.3, 0.4) is 0 Å². The first-order chi connectivity index (χ1) is 12.8. The molecule has 0 saturated carbocycles. The van der Waals surface area contributed by atoms with Crippen LogP contribution in [-0.2, 0) is 15.1 Å². The van der Waals surface area contributed by atoms with Crippen molar-refractivity contribution in [1.29, 1.82) is 0 Å². The van der Waals surface area contributed by atoms with E-state index in [1.54, 1.807) is 20.7 Å². The molecule has 4 nitrogen and oxygen atoms in total. The minimum Gasteiger partial charge on any atom is -0.370 e. The lowest BCUT2D eigenvalue weighted by molar-refractivity contribution is -0.900. The fraction of sp³-hybridized carbons (Fsp3) is 0.500. The maximum atomic E-state index is 13.5. The van der Waals surface area contributed by atoms with E-state index in [0.29, 0.717) is 6.54 Å². The Labute approximate surface area is 172 Å². The Bertz CT molecular complexity index is 955. The number of quaternary nitrogens is 1. The number of fused-ring (bicyclic) bond motifs is 3. The average Bonchev–Trinajstić information content (AvgIpc) is 3.01. The van der Waals surface area contributed by atoms with E-state index >= 15 is 0 Å². The first-order valence-electron chi connectivity index (χ1n) is 9.30. The van der Waals surface area contributed by atoms with E-state index in [1.165, 1.54) is 20.9 Å². The second-order valence-electron chi connectivity index (χ2n) is 7.94. The van der Waals surface area contributed by atoms with Gasteiger partial charge in [0.2, 0.25) is 0 Å². The third kappa shape index (κ3) is 3.19. The Morgan fingerprint density at radius 1 is 1.22 bits per heavy atom. The maximum Gasteiger partial charge on any atom is 0.282 e. The van der Waals surface area contributed by atoms with Crippen LogP contribution >= 0.6 is 32.9 Å². The van der Waals surface area contributed by atoms with Gasteiger partial charge in [0.25, 0.3) is 5.91 Å². The molecular formula is C20H25N2O2S3+. The summed E-state index contributed by atoms with van der Waals surface area (Å²) in [5.74, 6) is 0.177. The molecule has 2 aliphatic heterocycles. The van der Waals surface area contributed by atoms with Gasteiger partial charge in [0.1, 0.15) is 16.9 Å². The maximum absolute atomic E-state index is 13.5. The van der Waals surface area contributed by atoms with Gasteiger partial charge >= 0.3 is 0 Å². The highest BCUT2D eigenvalue weighted by Crippen LogP contribution is 2.52. The van der Waals surface area contributed by atoms with Gasteiger partial charge in [0.15, 0.2) is 6.54 Å². The zero-order valence-electron chi connectivity index (χ0n) is 16.2. The molecule has 4 rings (SSSR count). The van der Waals surface area contributed by atoms with Crippen LogP contribution < -0.4 is 9.80 Å². The van der Waals surface area contributed by atoms with Crippen molar-refractivity contribution in [2.45, 2.75) is 33.2 Å². The third-order valence-corrected chi connectivity index (χ3v) is 9.05. The first-order valence-corrected chi connectivity index (χ1v) is 11.9. The Morgan fingerprint density at radius 3 is 2.59 bits per heavy atom. The lowest BCUT2D eigenvalue weighted by atomic mass is 9.86. The van der Waals surface area contributed by atoms with Gasteiger partial charge in [-0.3, -0.25) is 9.69 Å². The number of carbonyl (C=O) groups excluding carboxylic acids is 1. The van der Waals surface area contributed by atoms with E-state index in [1.807, 2.05) is 4.90 Å². The Morgan fingerprint density at radius 2 is 1.89 bits per heavy atom. The standard InChI is InChI=1S/C20H24N2O2S3/c1-12-9-14-15(10-13(12)2)22(16(23)11-21-5-7-24-8-6-21)20(3,4)18-17(14)19(25)27-26-18/h9-10H,5-8,11H2,1-4H3/p+1. The van der Waals surface area contributed by atoms with Gasteiger partial charge in [-0.2, -0.15) is 0 Å². The molecule has 0 radical (unpaired) electrons. The van der Waals surface area contributed by atoms with Crippen LogP contribution in [0.4, 0.5) is 5.69 Å². The summed E-state index contributed by atoms with van der Waals surface area (Å²) in [7, 11) is 3.36. The molecule has 7 heteroatoms. The number of morpholine rings is 1. The minimum absolute atomic E-state index is 0.177. The Balaban J connectivity index is 1.83. The zero-order chi connectivity index (χ0) is 19.3. The molecule has 0 spiro atoms. The molecular weight excluding hydrogens is 396 g/mol. The van der Waals surface area contributed by atoms with E-state index in [-0.39, 0.29) is 5.91 Å². The van der Waals surface area contributed by atoms with Gasteiger partial charge < -0.3 is 9.64 Å². The number of aryl methyl sites for hydroxylation is 2. The van der Waals surface area contributed by atoms with Gasteiger partial charge in [-0.25, -0.2) is 0 Å². The van der Waals surface area contributed by atoms with Crippen LogP contribution in [-0.4, -0.2) is 38.8 Å². The largest absolute Gasteiger partial charge is 0.370 e. The summed E-state index contributed by atoms with van der Waals surface area (Å²) in [6.07, 6.45) is 0. The average molecular weight is 422 g/mol. The summed E-state index contributed by atoms with van der Waals surface area (Å²) in [5.41, 5.74) is 5.31. The van der Waals surface area contributed by atoms with Crippen LogP contribution in [0.25, 0.3) is 11.1 Å². The third-order valence-electron chi connectivity index (χ3n) is 5.72. The fourth-order valence-electron chi connectivity index (χ4n) is 4.06. The van der Waals surface area contributed by atoms with E-state index in [2.05, 4.69) is 39.8 Å². The van der Waals surface area contributed by atoms with E-state index in [0.717, 1.165) is 46.9 Å². The SMILES string of the molecule is Cc1cc2c(cc1C)N(C(=O)C[NH+]1CCOCC1)C(C)(C)c1ssc(=S)c1-2. The number of carbonyl (C=O) groups is 1. The molecule has 1 amide bonds. The zero-order valence-corrected chi connectivity index (χ0v) is 18.6. The molecule has 0 aliphatic carbocycles. The fourth-order valence-corrected chi connectivity index (χ4v) is 7.34. The molecule has 0 atom stereocenters. The molecule has 1 saturated heterocycles. The van der Waals surface area contributed by atoms with E-state index < -0.39 is 5.54 Å². The number of benzene rings is 1. The number of ether oxygens (including phenoxy) is 1. The Kier molecular flexibility index (Phi) is 5.01. The van der Waals surface area contributed by atoms with Crippen molar-refractivity contribution in [1.82, 2.24) is 0 Å². The molecule has 1 fully saturated rings. The van der Waals surface area contributed by atoms with Gasteiger partial charge in [0, 0.05) is 11.1 Å². The summed E-state index contributed by atoms with van der Waals surface area (Å²) in [5, 5.41) is 0. The van der Waals surface area contributed by atoms with Gasteiger partial charge in [-0.1, -0.05) is 32.9 Å². The summed E-state index contributed by atoms with van der Waals surface area (Å²) in [6.45, 7) is 12.3. The number of anilines is 1. The molecule has 1 aromatic heterocycles. The highest BCUT2D eigenvalue weighted by molar-refractivity contribution is 7.80. The van der Waals surface area contributed by atoms with Crippen molar-refractivity contribution < 1.29 is 14.4 Å². The van der Waals surface area contributed by atoms with Crippen molar-refractivity contribution in [2.24, 2.45) is 0 Å². The van der Waals surface area contributed by atoms with Crippen LogP contribution in [0.5, 0.6) is 0 Å². The van der Waals surface area contributed by atoms with Crippen molar-refractivity contribution in [3.05, 3.63) is 32.0 Å². The first kappa shape index (κ1) is 19.2. The second-order valence-corrected chi connectivity index (χ2v) is 10.8. The van der Waals surface area contributed by atoms with Gasteiger partial charge in [-0.05, 0) is 51.0 Å². The van der Waals surface area contributed by atoms with Crippen molar-refractivity contribution >= 4 is 44.5 Å². The second kappa shape index (κ2) is 7.04. The number of nitrogens with zero attached hydrogens (tertiary/aromatic N) is 1. The molecule has 2 aromatic rings. The lowest BCUT2D eigenvalue weighted by Gasteiger charge is -2.43. The van der Waals surface area contributed by atoms with Gasteiger partial charge in [-0.15, -0.1) is 0 Å². The molecule has 2 aliphatic rings. The number of hydrogen-bond donors (Lipinski definition) is 1. The lowest BCUT2D eigenvalue weighted by Crippen LogP contribution is -3.15. The smallest absolute Gasteiger partial charge is 0.282 e. The highest BCUT2D eigenvalue weighted by Gasteiger charge is 2.44. The predicted octanol–water partition coefficient (Wildman–Crippen LogP) is 3.32. The normalized spacial score (nSPS) is 18.9. The predicted molar refractivity (Wildman–Crippen MR) is 115 cm³/mol. The van der Waals surface area contributed by atoms with Crippen LogP contribution in [0, 0.1) is 17.7 Å². The molecule has 27 heavy (non-hydrogen) atoms. The summed E-state index contributed by atoms with van der Waals surface area (Å²) < 4.78 is 6.38. The molecule has 144 valence electrons. The van der Waals surface area contributed by atoms with Gasteiger partial charge in [0.05, 0.1) is 29.3 Å². The quantitative estimate of drug-likeness (QED) is 0.597. The van der Waals surface area contributed by atoms with Crippen LogP contribution in [0.1, 0.15) is 29.9 Å². The topological polar surface area (TPSA) is 34.0 Å². The number of hydrogen-bond acceptors (Lipinski definition) is 5. The molecule has 3 heterocycles. The number of rotatable bonds is 2. The summed E-state index contributed by atoms with van der Waals surface area (Å²) >= 11 is 5.67. The van der Waals surface area contributed by atoms with Crippen molar-refractivity contribution in [2.75, 3.05) is 37.7 Å². The Hall–Kier alpha value is -1.12. The summed E-state index contributed by atoms with van der Waals surface area (Å²) in [6, 6.07) is 4.37. The summed E-state index contributed by atoms with van der Waals surface area (Å²) in [4.78, 5) is 18.0. The molecule has 1 aromatic carbocycles. The minimum atomic E-state index is -0.398. The van der Waals surface area contributed by atoms with E-state index in [4.69, 9.17) is 17.0 Å². The number of nitrogens with one attached hydrogen (secondary N) is 1.